The van der Waals surface area contributed by atoms with Gasteiger partial charge >= 0.3 is 133 Å². The molecule has 0 amide bonds. The van der Waals surface area contributed by atoms with E-state index in [1.54, 1.807) is 12.1 Å². The van der Waals surface area contributed by atoms with Crippen LogP contribution in [0.2, 0.25) is 0 Å². The van der Waals surface area contributed by atoms with E-state index in [2.05, 4.69) is 22.0 Å². The Kier molecular flexibility index (Phi) is 7.01. The number of aryl methyl sites for hydroxylation is 1. The van der Waals surface area contributed by atoms with Crippen molar-refractivity contribution in [2.24, 2.45) is 0 Å². The standard InChI is InChI=1S/C16H21IN2O2/c1-5-10-18-17(6-2)11-13(4)19-15-12(3)8-7-9-14(15)16(20)21/h5-10,18-19H,2,4,11H2,1,3H3,(H,20,21)/b10-5-. The van der Waals surface area contributed by atoms with Crippen molar-refractivity contribution < 1.29 is 9.90 Å². The SMILES string of the molecule is C=CI(CC(=C)Nc1c(C)cccc1C(=O)O)N/C=C\C. The number of alkyl halides is 1. The molecule has 1 aromatic rings. The summed E-state index contributed by atoms with van der Waals surface area (Å²) in [6.07, 6.45) is 3.85. The molecule has 0 aromatic heterocycles. The third kappa shape index (κ3) is 5.26. The molecule has 1 aromatic carbocycles. The summed E-state index contributed by atoms with van der Waals surface area (Å²) in [6, 6.07) is 5.21. The number of para-hydroxylation sites is 1. The molecule has 1 rings (SSSR count). The number of rotatable bonds is 8. The zero-order chi connectivity index (χ0) is 15.8. The first-order valence-corrected chi connectivity index (χ1v) is 10.3. The summed E-state index contributed by atoms with van der Waals surface area (Å²) in [5.74, 6) is -0.944. The molecule has 0 saturated heterocycles. The monoisotopic (exact) mass is 400 g/mol. The molecule has 5 heteroatoms. The molecule has 0 aliphatic carbocycles. The van der Waals surface area contributed by atoms with Gasteiger partial charge in [-0.3, -0.25) is 0 Å². The zero-order valence-corrected chi connectivity index (χ0v) is 14.5. The van der Waals surface area contributed by atoms with Gasteiger partial charge in [-0.05, 0) is 0 Å². The van der Waals surface area contributed by atoms with E-state index in [9.17, 15) is 9.90 Å². The van der Waals surface area contributed by atoms with E-state index >= 15 is 0 Å². The summed E-state index contributed by atoms with van der Waals surface area (Å²) in [5, 5.41) is 12.4. The maximum absolute atomic E-state index is 11.3. The van der Waals surface area contributed by atoms with Crippen LogP contribution < -0.4 is 8.85 Å². The quantitative estimate of drug-likeness (QED) is 0.346. The average Bonchev–Trinajstić information content (AvgIpc) is 2.45. The molecule has 21 heavy (non-hydrogen) atoms. The fourth-order valence-corrected chi connectivity index (χ4v) is 4.47. The van der Waals surface area contributed by atoms with Gasteiger partial charge in [0.05, 0.1) is 0 Å². The van der Waals surface area contributed by atoms with Crippen molar-refractivity contribution in [2.75, 3.05) is 9.74 Å². The minimum absolute atomic E-state index is 0.261. The molecule has 0 atom stereocenters. The first-order chi connectivity index (χ1) is 9.99. The maximum atomic E-state index is 11.3. The first-order valence-electron chi connectivity index (χ1n) is 6.41. The molecule has 3 N–H and O–H groups in total. The Morgan fingerprint density at radius 3 is 2.76 bits per heavy atom. The van der Waals surface area contributed by atoms with Crippen LogP contribution in [0.3, 0.4) is 0 Å². The Bertz CT molecular complexity index is 567. The number of hydrogen-bond acceptors (Lipinski definition) is 3. The molecule has 0 heterocycles. The third-order valence-corrected chi connectivity index (χ3v) is 6.63. The van der Waals surface area contributed by atoms with Gasteiger partial charge in [0.2, 0.25) is 0 Å². The number of allylic oxidation sites excluding steroid dienone is 2. The molecule has 114 valence electrons. The molecule has 0 radical (unpaired) electrons. The van der Waals surface area contributed by atoms with Crippen molar-refractivity contribution in [3.8, 4) is 0 Å². The Morgan fingerprint density at radius 1 is 1.48 bits per heavy atom. The molecular formula is C16H21IN2O2. The number of carbonyl (C=O) groups is 1. The van der Waals surface area contributed by atoms with Crippen LogP contribution in [0.15, 0.2) is 53.4 Å². The number of hydrogen-bond donors (Lipinski definition) is 3. The van der Waals surface area contributed by atoms with Gasteiger partial charge in [0.25, 0.3) is 0 Å². The summed E-state index contributed by atoms with van der Waals surface area (Å²) >= 11 is -1.55. The van der Waals surface area contributed by atoms with Crippen LogP contribution in [0.25, 0.3) is 0 Å². The summed E-state index contributed by atoms with van der Waals surface area (Å²) in [5.41, 5.74) is 2.56. The van der Waals surface area contributed by atoms with Crippen LogP contribution in [0.1, 0.15) is 22.8 Å². The van der Waals surface area contributed by atoms with Gasteiger partial charge in [-0.2, -0.15) is 0 Å². The molecule has 0 saturated carbocycles. The molecule has 0 bridgehead atoms. The van der Waals surface area contributed by atoms with Crippen LogP contribution in [0, 0.1) is 6.92 Å². The minimum atomic E-state index is -1.55. The van der Waals surface area contributed by atoms with Gasteiger partial charge in [-0.15, -0.1) is 0 Å². The van der Waals surface area contributed by atoms with E-state index in [-0.39, 0.29) is 5.56 Å². The third-order valence-electron chi connectivity index (χ3n) is 2.67. The van der Waals surface area contributed by atoms with E-state index in [0.29, 0.717) is 5.69 Å². The van der Waals surface area contributed by atoms with Crippen molar-refractivity contribution in [1.29, 1.82) is 0 Å². The van der Waals surface area contributed by atoms with Crippen molar-refractivity contribution in [1.82, 2.24) is 3.53 Å². The second kappa shape index (κ2) is 8.51. The van der Waals surface area contributed by atoms with Crippen LogP contribution in [0.4, 0.5) is 5.69 Å². The van der Waals surface area contributed by atoms with Crippen molar-refractivity contribution in [2.45, 2.75) is 13.8 Å². The number of carboxylic acids is 1. The van der Waals surface area contributed by atoms with E-state index in [0.717, 1.165) is 15.7 Å². The number of nitrogens with one attached hydrogen (secondary N) is 2. The average molecular weight is 400 g/mol. The van der Waals surface area contributed by atoms with Crippen LogP contribution >= 0.6 is 20.1 Å². The van der Waals surface area contributed by atoms with Crippen molar-refractivity contribution in [3.63, 3.8) is 0 Å². The molecule has 0 unspecified atom stereocenters. The van der Waals surface area contributed by atoms with E-state index in [4.69, 9.17) is 0 Å². The number of halogens is 1. The summed E-state index contributed by atoms with van der Waals surface area (Å²) < 4.78 is 6.05. The van der Waals surface area contributed by atoms with Crippen LogP contribution in [-0.4, -0.2) is 15.5 Å². The second-order valence-corrected chi connectivity index (χ2v) is 8.86. The Balaban J connectivity index is 2.83. The molecule has 4 nitrogen and oxygen atoms in total. The fourth-order valence-electron chi connectivity index (χ4n) is 1.68. The summed E-state index contributed by atoms with van der Waals surface area (Å²) in [7, 11) is 0. The van der Waals surface area contributed by atoms with Gasteiger partial charge in [0.15, 0.2) is 0 Å². The second-order valence-electron chi connectivity index (χ2n) is 4.33. The number of benzene rings is 1. The molecule has 0 aliphatic heterocycles. The van der Waals surface area contributed by atoms with Gasteiger partial charge in [0, 0.05) is 0 Å². The Labute approximate surface area is 133 Å². The topological polar surface area (TPSA) is 61.4 Å². The molecule has 0 spiro atoms. The molecular weight excluding hydrogens is 379 g/mol. The van der Waals surface area contributed by atoms with Gasteiger partial charge in [-0.1, -0.05) is 0 Å². The number of anilines is 1. The van der Waals surface area contributed by atoms with Gasteiger partial charge in [0.1, 0.15) is 0 Å². The van der Waals surface area contributed by atoms with Crippen LogP contribution in [0.5, 0.6) is 0 Å². The van der Waals surface area contributed by atoms with E-state index < -0.39 is 26.1 Å². The van der Waals surface area contributed by atoms with Gasteiger partial charge in [-0.25, -0.2) is 0 Å². The van der Waals surface area contributed by atoms with E-state index in [1.807, 2.05) is 36.3 Å². The number of aromatic carboxylic acids is 1. The predicted molar refractivity (Wildman–Crippen MR) is 97.9 cm³/mol. The summed E-state index contributed by atoms with van der Waals surface area (Å²) in [6.45, 7) is 11.7. The predicted octanol–water partition coefficient (Wildman–Crippen LogP) is 4.31. The van der Waals surface area contributed by atoms with Crippen molar-refractivity contribution in [3.05, 3.63) is 64.5 Å². The molecule has 0 fully saturated rings. The van der Waals surface area contributed by atoms with E-state index in [1.165, 1.54) is 0 Å². The number of carboxylic acid groups (broad SMARTS) is 1. The van der Waals surface area contributed by atoms with Crippen LogP contribution in [-0.2, 0) is 0 Å². The van der Waals surface area contributed by atoms with Gasteiger partial charge < -0.3 is 0 Å². The van der Waals surface area contributed by atoms with Crippen molar-refractivity contribution >= 4 is 31.7 Å². The molecule has 0 aliphatic rings. The normalized spacial score (nSPS) is 11.0. The summed E-state index contributed by atoms with van der Waals surface area (Å²) in [4.78, 5) is 11.3. The Morgan fingerprint density at radius 2 is 2.19 bits per heavy atom. The first kappa shape index (κ1) is 17.3. The zero-order valence-electron chi connectivity index (χ0n) is 12.3. The fraction of sp³-hybridized carbons (Fsp3) is 0.188. The Hall–Kier alpha value is -1.76.